The standard InChI is InChI=1S/C16H26N2O/c1-13(2)14(3)17-12-15-6-4-5-7-16(15)18-8-10-19-11-9-18/h4-7,13-14,17H,8-12H2,1-3H3. The Hall–Kier alpha value is -1.06. The first-order valence-electron chi connectivity index (χ1n) is 7.32. The van der Waals surface area contributed by atoms with Crippen LogP contribution in [0.2, 0.25) is 0 Å². The number of nitrogens with zero attached hydrogens (tertiary/aromatic N) is 1. The molecule has 106 valence electrons. The summed E-state index contributed by atoms with van der Waals surface area (Å²) in [5.74, 6) is 0.663. The van der Waals surface area contributed by atoms with Gasteiger partial charge in [0.05, 0.1) is 13.2 Å². The lowest BCUT2D eigenvalue weighted by atomic mass is 10.1. The molecule has 0 saturated carbocycles. The van der Waals surface area contributed by atoms with Gasteiger partial charge in [-0.3, -0.25) is 0 Å². The number of benzene rings is 1. The second-order valence-electron chi connectivity index (χ2n) is 5.64. The van der Waals surface area contributed by atoms with Crippen molar-refractivity contribution >= 4 is 5.69 Å². The number of rotatable bonds is 5. The molecule has 3 nitrogen and oxygen atoms in total. The Kier molecular flexibility index (Phi) is 5.23. The molecule has 3 heteroatoms. The molecule has 1 N–H and O–H groups in total. The van der Waals surface area contributed by atoms with Crippen LogP contribution in [0.25, 0.3) is 0 Å². The predicted octanol–water partition coefficient (Wildman–Crippen LogP) is 2.66. The lowest BCUT2D eigenvalue weighted by Crippen LogP contribution is -2.37. The van der Waals surface area contributed by atoms with Crippen LogP contribution in [0.1, 0.15) is 26.3 Å². The van der Waals surface area contributed by atoms with Crippen molar-refractivity contribution in [3.8, 4) is 0 Å². The summed E-state index contributed by atoms with van der Waals surface area (Å²) >= 11 is 0. The van der Waals surface area contributed by atoms with E-state index < -0.39 is 0 Å². The van der Waals surface area contributed by atoms with Crippen molar-refractivity contribution in [3.63, 3.8) is 0 Å². The molecule has 1 saturated heterocycles. The molecule has 1 heterocycles. The van der Waals surface area contributed by atoms with Gasteiger partial charge in [0.15, 0.2) is 0 Å². The highest BCUT2D eigenvalue weighted by Gasteiger charge is 2.15. The molecule has 0 aliphatic carbocycles. The lowest BCUT2D eigenvalue weighted by molar-refractivity contribution is 0.122. The van der Waals surface area contributed by atoms with Gasteiger partial charge in [-0.15, -0.1) is 0 Å². The predicted molar refractivity (Wildman–Crippen MR) is 80.6 cm³/mol. The summed E-state index contributed by atoms with van der Waals surface area (Å²) in [5, 5.41) is 3.62. The van der Waals surface area contributed by atoms with Gasteiger partial charge in [-0.05, 0) is 24.5 Å². The first-order chi connectivity index (χ1) is 9.18. The third kappa shape index (κ3) is 3.95. The molecule has 1 fully saturated rings. The van der Waals surface area contributed by atoms with Gasteiger partial charge in [0.2, 0.25) is 0 Å². The third-order valence-electron chi connectivity index (χ3n) is 3.96. The Morgan fingerprint density at radius 3 is 2.53 bits per heavy atom. The minimum atomic E-state index is 0.540. The highest BCUT2D eigenvalue weighted by molar-refractivity contribution is 5.53. The van der Waals surface area contributed by atoms with Gasteiger partial charge >= 0.3 is 0 Å². The maximum atomic E-state index is 5.43. The first-order valence-corrected chi connectivity index (χ1v) is 7.32. The highest BCUT2D eigenvalue weighted by Crippen LogP contribution is 2.21. The van der Waals surface area contributed by atoms with Crippen LogP contribution in [0.15, 0.2) is 24.3 Å². The van der Waals surface area contributed by atoms with E-state index >= 15 is 0 Å². The molecular formula is C16H26N2O. The summed E-state index contributed by atoms with van der Waals surface area (Å²) in [7, 11) is 0. The zero-order valence-electron chi connectivity index (χ0n) is 12.4. The molecule has 1 aromatic rings. The van der Waals surface area contributed by atoms with Crippen LogP contribution in [0.5, 0.6) is 0 Å². The molecule has 0 radical (unpaired) electrons. The normalized spacial score (nSPS) is 17.8. The van der Waals surface area contributed by atoms with Crippen LogP contribution in [0.3, 0.4) is 0 Å². The molecule has 1 atom stereocenters. The summed E-state index contributed by atoms with van der Waals surface area (Å²) in [6.07, 6.45) is 0. The minimum Gasteiger partial charge on any atom is -0.378 e. The molecule has 2 rings (SSSR count). The lowest BCUT2D eigenvalue weighted by Gasteiger charge is -2.31. The summed E-state index contributed by atoms with van der Waals surface area (Å²) < 4.78 is 5.43. The minimum absolute atomic E-state index is 0.540. The van der Waals surface area contributed by atoms with E-state index in [1.54, 1.807) is 0 Å². The van der Waals surface area contributed by atoms with Crippen LogP contribution >= 0.6 is 0 Å². The van der Waals surface area contributed by atoms with Crippen molar-refractivity contribution in [1.29, 1.82) is 0 Å². The van der Waals surface area contributed by atoms with E-state index in [0.29, 0.717) is 12.0 Å². The van der Waals surface area contributed by atoms with Crippen LogP contribution in [-0.4, -0.2) is 32.3 Å². The van der Waals surface area contributed by atoms with Crippen molar-refractivity contribution < 1.29 is 4.74 Å². The van der Waals surface area contributed by atoms with Crippen LogP contribution in [-0.2, 0) is 11.3 Å². The number of morpholine rings is 1. The van der Waals surface area contributed by atoms with Gasteiger partial charge in [-0.2, -0.15) is 0 Å². The largest absolute Gasteiger partial charge is 0.378 e. The van der Waals surface area contributed by atoms with E-state index in [2.05, 4.69) is 55.3 Å². The van der Waals surface area contributed by atoms with Crippen molar-refractivity contribution in [2.75, 3.05) is 31.2 Å². The van der Waals surface area contributed by atoms with E-state index in [9.17, 15) is 0 Å². The van der Waals surface area contributed by atoms with E-state index in [0.717, 1.165) is 32.8 Å². The molecule has 1 unspecified atom stereocenters. The Balaban J connectivity index is 2.03. The summed E-state index contributed by atoms with van der Waals surface area (Å²) in [4.78, 5) is 2.43. The summed E-state index contributed by atoms with van der Waals surface area (Å²) in [6, 6.07) is 9.24. The smallest absolute Gasteiger partial charge is 0.0642 e. The van der Waals surface area contributed by atoms with Gasteiger partial charge in [0.1, 0.15) is 0 Å². The molecule has 0 bridgehead atoms. The number of nitrogens with one attached hydrogen (secondary N) is 1. The average molecular weight is 262 g/mol. The molecule has 0 amide bonds. The third-order valence-corrected chi connectivity index (χ3v) is 3.96. The van der Waals surface area contributed by atoms with E-state index in [1.807, 2.05) is 0 Å². The fourth-order valence-electron chi connectivity index (χ4n) is 2.28. The molecule has 0 aromatic heterocycles. The number of hydrogen-bond donors (Lipinski definition) is 1. The first kappa shape index (κ1) is 14.4. The van der Waals surface area contributed by atoms with Gasteiger partial charge < -0.3 is 15.0 Å². The Morgan fingerprint density at radius 1 is 1.16 bits per heavy atom. The quantitative estimate of drug-likeness (QED) is 0.883. The number of hydrogen-bond acceptors (Lipinski definition) is 3. The van der Waals surface area contributed by atoms with Crippen LogP contribution < -0.4 is 10.2 Å². The van der Waals surface area contributed by atoms with Gasteiger partial charge in [-0.25, -0.2) is 0 Å². The maximum Gasteiger partial charge on any atom is 0.0642 e. The average Bonchev–Trinajstić information content (AvgIpc) is 2.46. The van der Waals surface area contributed by atoms with Crippen molar-refractivity contribution in [1.82, 2.24) is 5.32 Å². The summed E-state index contributed by atoms with van der Waals surface area (Å²) in [5.41, 5.74) is 2.74. The molecule has 1 aliphatic heterocycles. The van der Waals surface area contributed by atoms with E-state index in [-0.39, 0.29) is 0 Å². The monoisotopic (exact) mass is 262 g/mol. The number of anilines is 1. The molecule has 1 aromatic carbocycles. The molecular weight excluding hydrogens is 236 g/mol. The van der Waals surface area contributed by atoms with Gasteiger partial charge in [0.25, 0.3) is 0 Å². The zero-order valence-corrected chi connectivity index (χ0v) is 12.4. The van der Waals surface area contributed by atoms with Crippen LogP contribution in [0.4, 0.5) is 5.69 Å². The Bertz CT molecular complexity index is 386. The fourth-order valence-corrected chi connectivity index (χ4v) is 2.28. The van der Waals surface area contributed by atoms with Crippen LogP contribution in [0, 0.1) is 5.92 Å². The van der Waals surface area contributed by atoms with Gasteiger partial charge in [0, 0.05) is 31.4 Å². The Morgan fingerprint density at radius 2 is 1.84 bits per heavy atom. The molecule has 0 spiro atoms. The topological polar surface area (TPSA) is 24.5 Å². The second-order valence-corrected chi connectivity index (χ2v) is 5.64. The molecule has 19 heavy (non-hydrogen) atoms. The maximum absolute atomic E-state index is 5.43. The number of ether oxygens (including phenoxy) is 1. The molecule has 1 aliphatic rings. The van der Waals surface area contributed by atoms with Crippen molar-refractivity contribution in [3.05, 3.63) is 29.8 Å². The summed E-state index contributed by atoms with van der Waals surface area (Å²) in [6.45, 7) is 11.4. The van der Waals surface area contributed by atoms with Gasteiger partial charge in [-0.1, -0.05) is 32.0 Å². The van der Waals surface area contributed by atoms with E-state index in [4.69, 9.17) is 4.74 Å². The SMILES string of the molecule is CC(C)C(C)NCc1ccccc1N1CCOCC1. The van der Waals surface area contributed by atoms with E-state index in [1.165, 1.54) is 11.3 Å². The van der Waals surface area contributed by atoms with Crippen molar-refractivity contribution in [2.45, 2.75) is 33.4 Å². The highest BCUT2D eigenvalue weighted by atomic mass is 16.5. The van der Waals surface area contributed by atoms with Crippen molar-refractivity contribution in [2.24, 2.45) is 5.92 Å². The number of para-hydroxylation sites is 1. The second kappa shape index (κ2) is 6.92. The zero-order chi connectivity index (χ0) is 13.7. The fraction of sp³-hybridized carbons (Fsp3) is 0.625. The Labute approximate surface area is 116 Å².